The van der Waals surface area contributed by atoms with Gasteiger partial charge in [0.15, 0.2) is 0 Å². The SMILES string of the molecule is Nc1ncn(CC(=O)Nc2ccc(I)cc2)n1. The molecule has 0 spiro atoms. The van der Waals surface area contributed by atoms with Crippen LogP contribution in [0.2, 0.25) is 0 Å². The molecule has 0 radical (unpaired) electrons. The number of nitrogens with one attached hydrogen (secondary N) is 1. The second-order valence-electron chi connectivity index (χ2n) is 3.36. The molecule has 0 saturated heterocycles. The average molecular weight is 343 g/mol. The van der Waals surface area contributed by atoms with Gasteiger partial charge in [-0.1, -0.05) is 0 Å². The summed E-state index contributed by atoms with van der Waals surface area (Å²) in [5, 5.41) is 6.58. The van der Waals surface area contributed by atoms with Gasteiger partial charge in [-0.2, -0.15) is 0 Å². The van der Waals surface area contributed by atoms with E-state index in [4.69, 9.17) is 5.73 Å². The number of hydrogen-bond donors (Lipinski definition) is 2. The van der Waals surface area contributed by atoms with Gasteiger partial charge < -0.3 is 11.1 Å². The van der Waals surface area contributed by atoms with Gasteiger partial charge in [-0.05, 0) is 46.9 Å². The molecule has 0 unspecified atom stereocenters. The Balaban J connectivity index is 1.95. The zero-order valence-electron chi connectivity index (χ0n) is 8.80. The van der Waals surface area contributed by atoms with Crippen molar-refractivity contribution in [2.75, 3.05) is 11.1 Å². The minimum atomic E-state index is -0.170. The minimum Gasteiger partial charge on any atom is -0.367 e. The summed E-state index contributed by atoms with van der Waals surface area (Å²) < 4.78 is 2.50. The molecular weight excluding hydrogens is 333 g/mol. The van der Waals surface area contributed by atoms with Gasteiger partial charge in [0.05, 0.1) is 0 Å². The quantitative estimate of drug-likeness (QED) is 0.818. The van der Waals surface area contributed by atoms with Crippen molar-refractivity contribution in [3.8, 4) is 0 Å². The molecule has 2 aromatic rings. The molecule has 17 heavy (non-hydrogen) atoms. The van der Waals surface area contributed by atoms with E-state index in [1.807, 2.05) is 24.3 Å². The highest BCUT2D eigenvalue weighted by atomic mass is 127. The van der Waals surface area contributed by atoms with Gasteiger partial charge in [0.1, 0.15) is 12.9 Å². The maximum absolute atomic E-state index is 11.6. The van der Waals surface area contributed by atoms with E-state index in [-0.39, 0.29) is 18.4 Å². The third kappa shape index (κ3) is 3.41. The lowest BCUT2D eigenvalue weighted by molar-refractivity contribution is -0.116. The summed E-state index contributed by atoms with van der Waals surface area (Å²) in [4.78, 5) is 15.4. The zero-order valence-corrected chi connectivity index (χ0v) is 11.0. The van der Waals surface area contributed by atoms with E-state index in [0.717, 1.165) is 9.26 Å². The Bertz CT molecular complexity index is 522. The number of benzene rings is 1. The van der Waals surface area contributed by atoms with Crippen molar-refractivity contribution in [2.45, 2.75) is 6.54 Å². The Morgan fingerprint density at radius 1 is 1.41 bits per heavy atom. The van der Waals surface area contributed by atoms with Gasteiger partial charge in [-0.3, -0.25) is 4.79 Å². The number of carbonyl (C=O) groups excluding carboxylic acids is 1. The fourth-order valence-corrected chi connectivity index (χ4v) is 1.63. The first kappa shape index (κ1) is 11.8. The van der Waals surface area contributed by atoms with Gasteiger partial charge in [0.2, 0.25) is 11.9 Å². The number of halogens is 1. The third-order valence-electron chi connectivity index (χ3n) is 1.99. The second-order valence-corrected chi connectivity index (χ2v) is 4.60. The van der Waals surface area contributed by atoms with Crippen LogP contribution in [0.1, 0.15) is 0 Å². The van der Waals surface area contributed by atoms with E-state index >= 15 is 0 Å². The second kappa shape index (κ2) is 5.13. The van der Waals surface area contributed by atoms with Gasteiger partial charge in [-0.25, -0.2) is 9.67 Å². The van der Waals surface area contributed by atoms with E-state index in [1.165, 1.54) is 11.0 Å². The van der Waals surface area contributed by atoms with Crippen LogP contribution >= 0.6 is 22.6 Å². The van der Waals surface area contributed by atoms with Crippen molar-refractivity contribution < 1.29 is 4.79 Å². The van der Waals surface area contributed by atoms with E-state index in [1.54, 1.807) is 0 Å². The molecule has 1 aromatic carbocycles. The normalized spacial score (nSPS) is 10.2. The first-order valence-corrected chi connectivity index (χ1v) is 5.92. The van der Waals surface area contributed by atoms with Crippen LogP contribution in [-0.2, 0) is 11.3 Å². The van der Waals surface area contributed by atoms with Crippen molar-refractivity contribution in [1.29, 1.82) is 0 Å². The highest BCUT2D eigenvalue weighted by Crippen LogP contribution is 2.10. The summed E-state index contributed by atoms with van der Waals surface area (Å²) in [6.45, 7) is 0.0934. The molecule has 2 rings (SSSR count). The fourth-order valence-electron chi connectivity index (χ4n) is 1.27. The molecule has 0 atom stereocenters. The highest BCUT2D eigenvalue weighted by molar-refractivity contribution is 14.1. The van der Waals surface area contributed by atoms with Gasteiger partial charge in [0.25, 0.3) is 0 Å². The summed E-state index contributed by atoms with van der Waals surface area (Å²) in [5.74, 6) is -0.0110. The largest absolute Gasteiger partial charge is 0.367 e. The standard InChI is InChI=1S/C10H10IN5O/c11-7-1-3-8(4-2-7)14-9(17)5-16-6-13-10(12)15-16/h1-4,6H,5H2,(H2,12,15)(H,14,17). The molecule has 0 fully saturated rings. The summed E-state index contributed by atoms with van der Waals surface area (Å²) in [5.41, 5.74) is 6.10. The molecule has 0 saturated carbocycles. The third-order valence-corrected chi connectivity index (χ3v) is 2.71. The number of nitrogen functional groups attached to an aromatic ring is 1. The summed E-state index contributed by atoms with van der Waals surface area (Å²) in [6, 6.07) is 7.53. The number of aromatic nitrogens is 3. The molecule has 0 aliphatic heterocycles. The van der Waals surface area contributed by atoms with Crippen LogP contribution in [0.5, 0.6) is 0 Å². The number of amides is 1. The van der Waals surface area contributed by atoms with E-state index in [0.29, 0.717) is 0 Å². The molecular formula is C10H10IN5O. The molecule has 1 aromatic heterocycles. The van der Waals surface area contributed by atoms with Crippen molar-refractivity contribution in [2.24, 2.45) is 0 Å². The maximum Gasteiger partial charge on any atom is 0.246 e. The molecule has 7 heteroatoms. The van der Waals surface area contributed by atoms with E-state index in [2.05, 4.69) is 38.0 Å². The Morgan fingerprint density at radius 3 is 2.71 bits per heavy atom. The van der Waals surface area contributed by atoms with E-state index in [9.17, 15) is 4.79 Å². The van der Waals surface area contributed by atoms with Crippen LogP contribution in [0.3, 0.4) is 0 Å². The number of hydrogen-bond acceptors (Lipinski definition) is 4. The van der Waals surface area contributed by atoms with Crippen molar-refractivity contribution >= 4 is 40.1 Å². The summed E-state index contributed by atoms with van der Waals surface area (Å²) >= 11 is 2.20. The first-order valence-electron chi connectivity index (χ1n) is 4.84. The fraction of sp³-hybridized carbons (Fsp3) is 0.100. The Morgan fingerprint density at radius 2 is 2.12 bits per heavy atom. The Kier molecular flexibility index (Phi) is 3.57. The molecule has 6 nitrogen and oxygen atoms in total. The number of nitrogens with zero attached hydrogens (tertiary/aromatic N) is 3. The molecule has 1 heterocycles. The van der Waals surface area contributed by atoms with Gasteiger partial charge in [0, 0.05) is 9.26 Å². The lowest BCUT2D eigenvalue weighted by Crippen LogP contribution is -2.19. The van der Waals surface area contributed by atoms with Crippen LogP contribution in [-0.4, -0.2) is 20.7 Å². The molecule has 88 valence electrons. The number of anilines is 2. The zero-order chi connectivity index (χ0) is 12.3. The predicted molar refractivity (Wildman–Crippen MR) is 72.2 cm³/mol. The Labute approximate surface area is 111 Å². The highest BCUT2D eigenvalue weighted by Gasteiger charge is 2.04. The van der Waals surface area contributed by atoms with Gasteiger partial charge >= 0.3 is 0 Å². The number of carbonyl (C=O) groups is 1. The number of rotatable bonds is 3. The van der Waals surface area contributed by atoms with Crippen LogP contribution < -0.4 is 11.1 Å². The smallest absolute Gasteiger partial charge is 0.246 e. The van der Waals surface area contributed by atoms with Crippen molar-refractivity contribution in [3.63, 3.8) is 0 Å². The van der Waals surface area contributed by atoms with E-state index < -0.39 is 0 Å². The average Bonchev–Trinajstić information content (AvgIpc) is 2.67. The first-order chi connectivity index (χ1) is 8.13. The van der Waals surface area contributed by atoms with Crippen LogP contribution in [0.25, 0.3) is 0 Å². The Hall–Kier alpha value is -1.64. The van der Waals surface area contributed by atoms with Crippen LogP contribution in [0.4, 0.5) is 11.6 Å². The van der Waals surface area contributed by atoms with Crippen LogP contribution in [0, 0.1) is 3.57 Å². The minimum absolute atomic E-state index is 0.0934. The predicted octanol–water partition coefficient (Wildman–Crippen LogP) is 1.10. The molecule has 0 aliphatic carbocycles. The topological polar surface area (TPSA) is 85.8 Å². The van der Waals surface area contributed by atoms with Crippen LogP contribution in [0.15, 0.2) is 30.6 Å². The summed E-state index contributed by atoms with van der Waals surface area (Å²) in [6.07, 6.45) is 1.42. The number of nitrogens with two attached hydrogens (primary N) is 1. The van der Waals surface area contributed by atoms with Crippen molar-refractivity contribution in [1.82, 2.24) is 14.8 Å². The maximum atomic E-state index is 11.6. The molecule has 0 aliphatic rings. The lowest BCUT2D eigenvalue weighted by Gasteiger charge is -2.04. The van der Waals surface area contributed by atoms with Gasteiger partial charge in [-0.15, -0.1) is 5.10 Å². The monoisotopic (exact) mass is 343 g/mol. The van der Waals surface area contributed by atoms with Crippen molar-refractivity contribution in [3.05, 3.63) is 34.2 Å². The lowest BCUT2D eigenvalue weighted by atomic mass is 10.3. The summed E-state index contributed by atoms with van der Waals surface area (Å²) in [7, 11) is 0. The molecule has 1 amide bonds. The molecule has 3 N–H and O–H groups in total. The molecule has 0 bridgehead atoms.